The molecule has 0 bridgehead atoms. The standard InChI is InChI=1S/C12H14BrN3O2S/c13-9-3-7-19-10(9)8-15-6-2-11(17)16(12(15)18)5-1-4-14/h2-3,6-7H,1,4-5,8,14H2. The minimum Gasteiger partial charge on any atom is -0.330 e. The molecule has 0 atom stereocenters. The molecule has 0 spiro atoms. The Morgan fingerprint density at radius 2 is 2.11 bits per heavy atom. The summed E-state index contributed by atoms with van der Waals surface area (Å²) in [5, 5.41) is 1.95. The van der Waals surface area contributed by atoms with Gasteiger partial charge in [0.25, 0.3) is 5.56 Å². The molecular formula is C12H14BrN3O2S. The molecule has 0 aliphatic carbocycles. The van der Waals surface area contributed by atoms with Crippen LogP contribution in [0.1, 0.15) is 11.3 Å². The maximum atomic E-state index is 12.2. The van der Waals surface area contributed by atoms with E-state index in [0.29, 0.717) is 26.1 Å². The van der Waals surface area contributed by atoms with Crippen molar-refractivity contribution in [2.24, 2.45) is 5.73 Å². The average molecular weight is 344 g/mol. The molecule has 102 valence electrons. The summed E-state index contributed by atoms with van der Waals surface area (Å²) in [4.78, 5) is 24.9. The summed E-state index contributed by atoms with van der Waals surface area (Å²) < 4.78 is 3.74. The molecule has 0 saturated heterocycles. The molecule has 0 aliphatic heterocycles. The highest BCUT2D eigenvalue weighted by atomic mass is 79.9. The van der Waals surface area contributed by atoms with Gasteiger partial charge < -0.3 is 5.73 Å². The lowest BCUT2D eigenvalue weighted by Crippen LogP contribution is -2.39. The van der Waals surface area contributed by atoms with Crippen molar-refractivity contribution in [1.82, 2.24) is 9.13 Å². The molecule has 5 nitrogen and oxygen atoms in total. The highest BCUT2D eigenvalue weighted by Crippen LogP contribution is 2.22. The topological polar surface area (TPSA) is 70.0 Å². The molecule has 0 saturated carbocycles. The highest BCUT2D eigenvalue weighted by Gasteiger charge is 2.07. The summed E-state index contributed by atoms with van der Waals surface area (Å²) in [5.41, 5.74) is 4.85. The second kappa shape index (κ2) is 6.31. The van der Waals surface area contributed by atoms with Gasteiger partial charge in [0.1, 0.15) is 0 Å². The summed E-state index contributed by atoms with van der Waals surface area (Å²) in [6.45, 7) is 1.28. The Bertz CT molecular complexity index is 674. The van der Waals surface area contributed by atoms with Gasteiger partial charge in [-0.25, -0.2) is 4.79 Å². The molecule has 0 aliphatic rings. The first kappa shape index (κ1) is 14.2. The van der Waals surface area contributed by atoms with Crippen LogP contribution in [0.4, 0.5) is 0 Å². The Morgan fingerprint density at radius 3 is 2.74 bits per heavy atom. The van der Waals surface area contributed by atoms with Crippen molar-refractivity contribution in [3.8, 4) is 0 Å². The van der Waals surface area contributed by atoms with Crippen molar-refractivity contribution >= 4 is 27.3 Å². The van der Waals surface area contributed by atoms with E-state index in [1.54, 1.807) is 11.3 Å². The molecule has 0 fully saturated rings. The fraction of sp³-hybridized carbons (Fsp3) is 0.333. The summed E-state index contributed by atoms with van der Waals surface area (Å²) in [7, 11) is 0. The Morgan fingerprint density at radius 1 is 1.32 bits per heavy atom. The number of thiophene rings is 1. The van der Waals surface area contributed by atoms with Gasteiger partial charge in [0.15, 0.2) is 0 Å². The number of hydrogen-bond donors (Lipinski definition) is 1. The van der Waals surface area contributed by atoms with Gasteiger partial charge in [0.05, 0.1) is 6.54 Å². The van der Waals surface area contributed by atoms with Crippen molar-refractivity contribution in [3.63, 3.8) is 0 Å². The van der Waals surface area contributed by atoms with Crippen LogP contribution in [-0.2, 0) is 13.1 Å². The van der Waals surface area contributed by atoms with Crippen LogP contribution in [0.2, 0.25) is 0 Å². The van der Waals surface area contributed by atoms with Gasteiger partial charge in [-0.2, -0.15) is 0 Å². The van der Waals surface area contributed by atoms with Crippen LogP contribution in [0.25, 0.3) is 0 Å². The molecule has 2 aromatic heterocycles. The zero-order chi connectivity index (χ0) is 13.8. The number of aromatic nitrogens is 2. The van der Waals surface area contributed by atoms with E-state index in [2.05, 4.69) is 15.9 Å². The highest BCUT2D eigenvalue weighted by molar-refractivity contribution is 9.10. The van der Waals surface area contributed by atoms with Crippen molar-refractivity contribution < 1.29 is 0 Å². The largest absolute Gasteiger partial charge is 0.331 e. The van der Waals surface area contributed by atoms with E-state index in [0.717, 1.165) is 9.35 Å². The van der Waals surface area contributed by atoms with E-state index in [9.17, 15) is 9.59 Å². The normalized spacial score (nSPS) is 10.8. The quantitative estimate of drug-likeness (QED) is 0.887. The molecule has 2 heterocycles. The van der Waals surface area contributed by atoms with E-state index in [-0.39, 0.29) is 11.2 Å². The van der Waals surface area contributed by atoms with Crippen molar-refractivity contribution in [3.05, 3.63) is 53.9 Å². The van der Waals surface area contributed by atoms with Gasteiger partial charge in [-0.15, -0.1) is 11.3 Å². The zero-order valence-corrected chi connectivity index (χ0v) is 12.6. The molecule has 0 unspecified atom stereocenters. The van der Waals surface area contributed by atoms with E-state index in [1.165, 1.54) is 21.4 Å². The summed E-state index contributed by atoms with van der Waals surface area (Å²) in [5.74, 6) is 0. The van der Waals surface area contributed by atoms with E-state index >= 15 is 0 Å². The Balaban J connectivity index is 2.35. The predicted octanol–water partition coefficient (Wildman–Crippen LogP) is 1.23. The Labute approximate surface area is 122 Å². The fourth-order valence-corrected chi connectivity index (χ4v) is 3.20. The minimum absolute atomic E-state index is 0.278. The van der Waals surface area contributed by atoms with Gasteiger partial charge in [0, 0.05) is 28.2 Å². The van der Waals surface area contributed by atoms with Gasteiger partial charge >= 0.3 is 5.69 Å². The van der Waals surface area contributed by atoms with Crippen LogP contribution in [0.5, 0.6) is 0 Å². The number of hydrogen-bond acceptors (Lipinski definition) is 4. The molecule has 2 aromatic rings. The van der Waals surface area contributed by atoms with Crippen LogP contribution in [0, 0.1) is 0 Å². The number of nitrogens with two attached hydrogens (primary N) is 1. The maximum absolute atomic E-state index is 12.2. The first-order valence-corrected chi connectivity index (χ1v) is 7.53. The summed E-state index contributed by atoms with van der Waals surface area (Å²) in [6.07, 6.45) is 2.15. The third kappa shape index (κ3) is 3.23. The second-order valence-electron chi connectivity index (χ2n) is 4.05. The fourth-order valence-electron chi connectivity index (χ4n) is 1.72. The van der Waals surface area contributed by atoms with Crippen LogP contribution >= 0.6 is 27.3 Å². The van der Waals surface area contributed by atoms with Crippen LogP contribution < -0.4 is 17.0 Å². The lowest BCUT2D eigenvalue weighted by molar-refractivity contribution is 0.555. The van der Waals surface area contributed by atoms with Crippen molar-refractivity contribution in [2.75, 3.05) is 6.54 Å². The predicted molar refractivity (Wildman–Crippen MR) is 79.8 cm³/mol. The first-order valence-electron chi connectivity index (χ1n) is 5.85. The van der Waals surface area contributed by atoms with E-state index in [4.69, 9.17) is 5.73 Å². The molecule has 2 rings (SSSR count). The summed E-state index contributed by atoms with van der Waals surface area (Å²) in [6, 6.07) is 3.36. The third-order valence-electron chi connectivity index (χ3n) is 2.73. The molecule has 0 amide bonds. The Hall–Kier alpha value is -1.18. The molecule has 0 radical (unpaired) electrons. The molecule has 0 aromatic carbocycles. The van der Waals surface area contributed by atoms with Gasteiger partial charge in [-0.05, 0) is 40.3 Å². The lowest BCUT2D eigenvalue weighted by Gasteiger charge is -2.08. The van der Waals surface area contributed by atoms with Crippen LogP contribution in [0.3, 0.4) is 0 Å². The summed E-state index contributed by atoms with van der Waals surface area (Å²) >= 11 is 5.00. The zero-order valence-electron chi connectivity index (χ0n) is 10.2. The minimum atomic E-state index is -0.291. The van der Waals surface area contributed by atoms with Crippen molar-refractivity contribution in [2.45, 2.75) is 19.5 Å². The first-order chi connectivity index (χ1) is 9.13. The van der Waals surface area contributed by atoms with Gasteiger partial charge in [-0.3, -0.25) is 13.9 Å². The molecular weight excluding hydrogens is 330 g/mol. The number of nitrogens with zero attached hydrogens (tertiary/aromatic N) is 2. The average Bonchev–Trinajstić information content (AvgIpc) is 2.78. The SMILES string of the molecule is NCCCn1c(=O)ccn(Cc2sccc2Br)c1=O. The van der Waals surface area contributed by atoms with Gasteiger partial charge in [-0.1, -0.05) is 0 Å². The van der Waals surface area contributed by atoms with E-state index in [1.807, 2.05) is 11.4 Å². The number of halogens is 1. The molecule has 7 heteroatoms. The van der Waals surface area contributed by atoms with Gasteiger partial charge in [0.2, 0.25) is 0 Å². The smallest absolute Gasteiger partial charge is 0.330 e. The van der Waals surface area contributed by atoms with E-state index < -0.39 is 0 Å². The van der Waals surface area contributed by atoms with Crippen molar-refractivity contribution in [1.29, 1.82) is 0 Å². The lowest BCUT2D eigenvalue weighted by atomic mass is 10.4. The van der Waals surface area contributed by atoms with Crippen LogP contribution in [-0.4, -0.2) is 15.7 Å². The third-order valence-corrected chi connectivity index (χ3v) is 4.64. The number of rotatable bonds is 5. The second-order valence-corrected chi connectivity index (χ2v) is 5.91. The molecule has 2 N–H and O–H groups in total. The van der Waals surface area contributed by atoms with Crippen LogP contribution in [0.15, 0.2) is 37.8 Å². The monoisotopic (exact) mass is 343 g/mol. The maximum Gasteiger partial charge on any atom is 0.331 e. The molecule has 19 heavy (non-hydrogen) atoms. The Kier molecular flexibility index (Phi) is 4.73.